The number of rotatable bonds is 6. The summed E-state index contributed by atoms with van der Waals surface area (Å²) in [6, 6.07) is 7.25. The predicted octanol–water partition coefficient (Wildman–Crippen LogP) is 2.69. The Hall–Kier alpha value is -2.13. The summed E-state index contributed by atoms with van der Waals surface area (Å²) < 4.78 is 0.630. The van der Waals surface area contributed by atoms with Crippen LogP contribution in [0.2, 0.25) is 0 Å². The number of imide groups is 1. The van der Waals surface area contributed by atoms with Crippen molar-refractivity contribution in [3.05, 3.63) is 29.8 Å². The molecule has 2 aromatic rings. The largest absolute Gasteiger partial charge is 0.351 e. The highest BCUT2D eigenvalue weighted by molar-refractivity contribution is 8.01. The summed E-state index contributed by atoms with van der Waals surface area (Å²) in [6.07, 6.45) is 0. The number of aromatic nitrogens is 2. The van der Waals surface area contributed by atoms with E-state index in [1.807, 2.05) is 17.4 Å². The van der Waals surface area contributed by atoms with Crippen molar-refractivity contribution in [2.45, 2.75) is 24.1 Å². The van der Waals surface area contributed by atoms with Crippen LogP contribution in [0.15, 0.2) is 28.6 Å². The van der Waals surface area contributed by atoms with E-state index < -0.39 is 11.9 Å². The number of benzene rings is 1. The first-order chi connectivity index (χ1) is 10.9. The van der Waals surface area contributed by atoms with Crippen molar-refractivity contribution >= 4 is 45.9 Å². The highest BCUT2D eigenvalue weighted by Gasteiger charge is 2.09. The average Bonchev–Trinajstić information content (AvgIpc) is 2.92. The van der Waals surface area contributed by atoms with E-state index in [2.05, 4.69) is 41.5 Å². The van der Waals surface area contributed by atoms with Crippen molar-refractivity contribution in [1.82, 2.24) is 15.5 Å². The zero-order valence-corrected chi connectivity index (χ0v) is 14.3. The van der Waals surface area contributed by atoms with E-state index in [9.17, 15) is 9.59 Å². The van der Waals surface area contributed by atoms with Crippen LogP contribution in [0.5, 0.6) is 0 Å². The van der Waals surface area contributed by atoms with Crippen LogP contribution < -0.4 is 16.4 Å². The Morgan fingerprint density at radius 2 is 1.96 bits per heavy atom. The first-order valence-corrected chi connectivity index (χ1v) is 8.67. The number of nitrogens with zero attached hydrogens (tertiary/aromatic N) is 2. The molecular formula is C14H17N5O2S2. The van der Waals surface area contributed by atoms with Crippen molar-refractivity contribution in [2.75, 3.05) is 11.1 Å². The van der Waals surface area contributed by atoms with Crippen molar-refractivity contribution in [2.24, 2.45) is 5.73 Å². The number of hydrogen-bond acceptors (Lipinski definition) is 7. The minimum atomic E-state index is -0.861. The van der Waals surface area contributed by atoms with E-state index in [1.165, 1.54) is 28.7 Å². The lowest BCUT2D eigenvalue weighted by Crippen LogP contribution is -2.36. The van der Waals surface area contributed by atoms with E-state index in [-0.39, 0.29) is 5.75 Å². The van der Waals surface area contributed by atoms with E-state index in [1.54, 1.807) is 0 Å². The first kappa shape index (κ1) is 17.2. The van der Waals surface area contributed by atoms with Crippen molar-refractivity contribution < 1.29 is 9.59 Å². The molecule has 122 valence electrons. The van der Waals surface area contributed by atoms with Gasteiger partial charge in [-0.1, -0.05) is 49.1 Å². The van der Waals surface area contributed by atoms with Crippen LogP contribution in [0.3, 0.4) is 0 Å². The van der Waals surface area contributed by atoms with Gasteiger partial charge in [-0.3, -0.25) is 10.1 Å². The summed E-state index contributed by atoms with van der Waals surface area (Å²) in [7, 11) is 0. The van der Waals surface area contributed by atoms with Gasteiger partial charge in [-0.05, 0) is 23.6 Å². The standard InChI is InChI=1S/C14H17N5O2S2/c1-8(2)9-3-5-10(6-4-9)16-13-18-19-14(23-13)22-7-11(20)17-12(15)21/h3-6,8H,7H2,1-2H3,(H,16,18)(H3,15,17,20,21). The van der Waals surface area contributed by atoms with Gasteiger partial charge in [0.1, 0.15) is 0 Å². The number of nitrogens with one attached hydrogen (secondary N) is 2. The van der Waals surface area contributed by atoms with E-state index in [0.29, 0.717) is 15.4 Å². The maximum absolute atomic E-state index is 11.3. The molecule has 1 heterocycles. The molecule has 0 unspecified atom stereocenters. The van der Waals surface area contributed by atoms with Gasteiger partial charge in [0, 0.05) is 5.69 Å². The van der Waals surface area contributed by atoms with Crippen LogP contribution in [0.1, 0.15) is 25.3 Å². The molecule has 0 radical (unpaired) electrons. The molecule has 4 N–H and O–H groups in total. The fourth-order valence-electron chi connectivity index (χ4n) is 1.69. The molecule has 0 fully saturated rings. The minimum Gasteiger partial charge on any atom is -0.351 e. The van der Waals surface area contributed by atoms with Gasteiger partial charge in [0.15, 0.2) is 4.34 Å². The SMILES string of the molecule is CC(C)c1ccc(Nc2nnc(SCC(=O)NC(N)=O)s2)cc1. The van der Waals surface area contributed by atoms with Gasteiger partial charge in [0.25, 0.3) is 0 Å². The maximum Gasteiger partial charge on any atom is 0.318 e. The quantitative estimate of drug-likeness (QED) is 0.690. The zero-order valence-electron chi connectivity index (χ0n) is 12.7. The lowest BCUT2D eigenvalue weighted by Gasteiger charge is -2.06. The molecule has 23 heavy (non-hydrogen) atoms. The van der Waals surface area contributed by atoms with E-state index in [4.69, 9.17) is 5.73 Å². The molecule has 0 bridgehead atoms. The summed E-state index contributed by atoms with van der Waals surface area (Å²) in [5, 5.41) is 13.8. The van der Waals surface area contributed by atoms with Gasteiger partial charge < -0.3 is 11.1 Å². The fraction of sp³-hybridized carbons (Fsp3) is 0.286. The lowest BCUT2D eigenvalue weighted by molar-refractivity contribution is -0.117. The van der Waals surface area contributed by atoms with Crippen LogP contribution in [0, 0.1) is 0 Å². The van der Waals surface area contributed by atoms with Crippen LogP contribution in [0.25, 0.3) is 0 Å². The number of carbonyl (C=O) groups excluding carboxylic acids is 2. The van der Waals surface area contributed by atoms with Crippen LogP contribution in [-0.2, 0) is 4.79 Å². The number of amides is 3. The Balaban J connectivity index is 1.89. The second-order valence-corrected chi connectivity index (χ2v) is 7.18. The monoisotopic (exact) mass is 351 g/mol. The molecule has 3 amide bonds. The first-order valence-electron chi connectivity index (χ1n) is 6.86. The number of carbonyl (C=O) groups is 2. The van der Waals surface area contributed by atoms with E-state index in [0.717, 1.165) is 5.69 Å². The number of nitrogens with two attached hydrogens (primary N) is 1. The smallest absolute Gasteiger partial charge is 0.318 e. The molecule has 0 aliphatic rings. The van der Waals surface area contributed by atoms with Gasteiger partial charge in [0.05, 0.1) is 5.75 Å². The normalized spacial score (nSPS) is 10.6. The van der Waals surface area contributed by atoms with Gasteiger partial charge in [-0.25, -0.2) is 4.79 Å². The summed E-state index contributed by atoms with van der Waals surface area (Å²) in [6.45, 7) is 4.29. The maximum atomic E-state index is 11.3. The van der Waals surface area contributed by atoms with Crippen LogP contribution in [-0.4, -0.2) is 27.9 Å². The van der Waals surface area contributed by atoms with Crippen LogP contribution >= 0.6 is 23.1 Å². The molecule has 9 heteroatoms. The molecule has 0 saturated carbocycles. The van der Waals surface area contributed by atoms with Gasteiger partial charge in [-0.2, -0.15) is 0 Å². The lowest BCUT2D eigenvalue weighted by atomic mass is 10.0. The summed E-state index contributed by atoms with van der Waals surface area (Å²) in [5.74, 6) is 0.0809. The van der Waals surface area contributed by atoms with Crippen molar-refractivity contribution in [3.8, 4) is 0 Å². The number of anilines is 2. The summed E-state index contributed by atoms with van der Waals surface area (Å²) >= 11 is 2.53. The molecule has 0 atom stereocenters. The minimum absolute atomic E-state index is 0.0562. The Morgan fingerprint density at radius 3 is 2.57 bits per heavy atom. The number of hydrogen-bond donors (Lipinski definition) is 3. The summed E-state index contributed by atoms with van der Waals surface area (Å²) in [5.41, 5.74) is 7.06. The van der Waals surface area contributed by atoms with E-state index >= 15 is 0 Å². The topological polar surface area (TPSA) is 110 Å². The third-order valence-corrected chi connectivity index (χ3v) is 4.80. The molecule has 0 spiro atoms. The fourth-order valence-corrected chi connectivity index (χ4v) is 3.27. The third-order valence-electron chi connectivity index (χ3n) is 2.82. The molecule has 1 aromatic carbocycles. The Bertz CT molecular complexity index is 685. The third kappa shape index (κ3) is 5.53. The Morgan fingerprint density at radius 1 is 1.26 bits per heavy atom. The van der Waals surface area contributed by atoms with Crippen molar-refractivity contribution in [1.29, 1.82) is 0 Å². The average molecular weight is 351 g/mol. The molecule has 0 aliphatic heterocycles. The second-order valence-electron chi connectivity index (χ2n) is 4.98. The molecular weight excluding hydrogens is 334 g/mol. The number of primary amides is 1. The second kappa shape index (κ2) is 7.93. The van der Waals surface area contributed by atoms with Gasteiger partial charge >= 0.3 is 6.03 Å². The van der Waals surface area contributed by atoms with Crippen LogP contribution in [0.4, 0.5) is 15.6 Å². The van der Waals surface area contributed by atoms with Crippen molar-refractivity contribution in [3.63, 3.8) is 0 Å². The highest BCUT2D eigenvalue weighted by atomic mass is 32.2. The summed E-state index contributed by atoms with van der Waals surface area (Å²) in [4.78, 5) is 21.9. The Kier molecular flexibility index (Phi) is 5.94. The zero-order chi connectivity index (χ0) is 16.8. The molecule has 7 nitrogen and oxygen atoms in total. The highest BCUT2D eigenvalue weighted by Crippen LogP contribution is 2.28. The number of thioether (sulfide) groups is 1. The predicted molar refractivity (Wildman–Crippen MR) is 92.2 cm³/mol. The Labute approximate surface area is 142 Å². The molecule has 1 aromatic heterocycles. The molecule has 0 saturated heterocycles. The molecule has 2 rings (SSSR count). The number of urea groups is 1. The van der Waals surface area contributed by atoms with Gasteiger partial charge in [-0.15, -0.1) is 10.2 Å². The molecule has 0 aliphatic carbocycles. The van der Waals surface area contributed by atoms with Gasteiger partial charge in [0.2, 0.25) is 11.0 Å².